The summed E-state index contributed by atoms with van der Waals surface area (Å²) in [6.07, 6.45) is 4.69. The van der Waals surface area contributed by atoms with Gasteiger partial charge in [0.2, 0.25) is 11.8 Å². The molecule has 0 saturated carbocycles. The Labute approximate surface area is 155 Å². The Morgan fingerprint density at radius 2 is 1.96 bits per heavy atom. The first-order chi connectivity index (χ1) is 13.1. The van der Waals surface area contributed by atoms with E-state index in [1.54, 1.807) is 36.8 Å². The molecule has 8 nitrogen and oxygen atoms in total. The van der Waals surface area contributed by atoms with Gasteiger partial charge in [0.25, 0.3) is 0 Å². The number of hydrogen-bond donors (Lipinski definition) is 3. The molecule has 0 bridgehead atoms. The molecule has 3 rings (SSSR count). The fraction of sp³-hybridized carbons (Fsp3) is 0.222. The average Bonchev–Trinajstić information content (AvgIpc) is 2.67. The monoisotopic (exact) mass is 370 g/mol. The van der Waals surface area contributed by atoms with Gasteiger partial charge in [0, 0.05) is 18.5 Å². The van der Waals surface area contributed by atoms with E-state index in [1.807, 2.05) is 6.92 Å². The maximum absolute atomic E-state index is 13.1. The van der Waals surface area contributed by atoms with Crippen LogP contribution in [-0.2, 0) is 0 Å². The second kappa shape index (κ2) is 8.86. The number of aliphatic hydroxyl groups is 1. The number of nitrogens with one attached hydrogen (secondary N) is 2. The van der Waals surface area contributed by atoms with Gasteiger partial charge < -0.3 is 20.5 Å². The Morgan fingerprint density at radius 3 is 2.67 bits per heavy atom. The van der Waals surface area contributed by atoms with E-state index in [2.05, 4.69) is 30.6 Å². The van der Waals surface area contributed by atoms with Crippen LogP contribution < -0.4 is 15.4 Å². The molecule has 0 unspecified atom stereocenters. The van der Waals surface area contributed by atoms with Crippen molar-refractivity contribution in [1.82, 2.24) is 19.9 Å². The number of anilines is 3. The molecular weight excluding hydrogens is 351 g/mol. The SMILES string of the molecule is C[C@H](Nc1nc(Nc2cnccn2)cc(OCCO)n1)c1ccc(F)cc1. The summed E-state index contributed by atoms with van der Waals surface area (Å²) in [5.41, 5.74) is 0.880. The van der Waals surface area contributed by atoms with Gasteiger partial charge in [0.1, 0.15) is 24.1 Å². The van der Waals surface area contributed by atoms with Gasteiger partial charge in [0.05, 0.1) is 18.8 Å². The molecule has 0 radical (unpaired) electrons. The zero-order valence-corrected chi connectivity index (χ0v) is 14.6. The van der Waals surface area contributed by atoms with Gasteiger partial charge in [-0.3, -0.25) is 4.98 Å². The summed E-state index contributed by atoms with van der Waals surface area (Å²) in [6, 6.07) is 7.61. The molecule has 2 heterocycles. The van der Waals surface area contributed by atoms with Crippen LogP contribution in [0.25, 0.3) is 0 Å². The fourth-order valence-electron chi connectivity index (χ4n) is 2.30. The topological polar surface area (TPSA) is 105 Å². The maximum Gasteiger partial charge on any atom is 0.228 e. The van der Waals surface area contributed by atoms with Crippen molar-refractivity contribution in [2.24, 2.45) is 0 Å². The van der Waals surface area contributed by atoms with E-state index in [-0.39, 0.29) is 25.1 Å². The van der Waals surface area contributed by atoms with E-state index < -0.39 is 0 Å². The van der Waals surface area contributed by atoms with Crippen molar-refractivity contribution in [1.29, 1.82) is 0 Å². The van der Waals surface area contributed by atoms with E-state index in [1.165, 1.54) is 12.1 Å². The van der Waals surface area contributed by atoms with E-state index in [9.17, 15) is 4.39 Å². The standard InChI is InChI=1S/C18H19FN6O2/c1-12(13-2-4-14(19)5-3-13)22-18-24-15(10-17(25-18)27-9-8-26)23-16-11-20-6-7-21-16/h2-7,10-12,26H,8-9H2,1H3,(H2,21,22,23,24,25)/t12-/m0/s1. The summed E-state index contributed by atoms with van der Waals surface area (Å²) in [5, 5.41) is 15.2. The lowest BCUT2D eigenvalue weighted by Crippen LogP contribution is -2.12. The number of rotatable bonds is 8. The van der Waals surface area contributed by atoms with Crippen molar-refractivity contribution in [2.75, 3.05) is 23.8 Å². The minimum Gasteiger partial charge on any atom is -0.475 e. The van der Waals surface area contributed by atoms with Crippen molar-refractivity contribution in [3.8, 4) is 5.88 Å². The molecule has 2 aromatic heterocycles. The van der Waals surface area contributed by atoms with Crippen LogP contribution >= 0.6 is 0 Å². The number of aliphatic hydroxyl groups excluding tert-OH is 1. The van der Waals surface area contributed by atoms with Gasteiger partial charge in [-0.05, 0) is 24.6 Å². The van der Waals surface area contributed by atoms with E-state index in [0.29, 0.717) is 23.5 Å². The summed E-state index contributed by atoms with van der Waals surface area (Å²) in [6.45, 7) is 1.88. The van der Waals surface area contributed by atoms with Crippen LogP contribution in [0.4, 0.5) is 22.0 Å². The van der Waals surface area contributed by atoms with Gasteiger partial charge in [0.15, 0.2) is 0 Å². The highest BCUT2D eigenvalue weighted by atomic mass is 19.1. The highest BCUT2D eigenvalue weighted by Gasteiger charge is 2.11. The third-order valence-corrected chi connectivity index (χ3v) is 3.58. The molecule has 0 aliphatic rings. The third-order valence-electron chi connectivity index (χ3n) is 3.58. The van der Waals surface area contributed by atoms with Crippen LogP contribution in [0.3, 0.4) is 0 Å². The summed E-state index contributed by atoms with van der Waals surface area (Å²) in [5.74, 6) is 1.28. The molecule has 9 heteroatoms. The average molecular weight is 370 g/mol. The van der Waals surface area contributed by atoms with Gasteiger partial charge in [-0.2, -0.15) is 9.97 Å². The molecule has 0 aliphatic carbocycles. The van der Waals surface area contributed by atoms with Crippen molar-refractivity contribution in [3.63, 3.8) is 0 Å². The van der Waals surface area contributed by atoms with Crippen LogP contribution in [0.15, 0.2) is 48.9 Å². The predicted octanol–water partition coefficient (Wildman–Crippen LogP) is 2.69. The van der Waals surface area contributed by atoms with E-state index >= 15 is 0 Å². The maximum atomic E-state index is 13.1. The molecule has 0 aliphatic heterocycles. The fourth-order valence-corrected chi connectivity index (χ4v) is 2.30. The summed E-state index contributed by atoms with van der Waals surface area (Å²) >= 11 is 0. The molecule has 0 saturated heterocycles. The molecule has 27 heavy (non-hydrogen) atoms. The lowest BCUT2D eigenvalue weighted by Gasteiger charge is -2.16. The predicted molar refractivity (Wildman–Crippen MR) is 98.4 cm³/mol. The molecule has 1 aromatic carbocycles. The third kappa shape index (κ3) is 5.32. The number of nitrogens with zero attached hydrogens (tertiary/aromatic N) is 4. The Kier molecular flexibility index (Phi) is 6.06. The largest absolute Gasteiger partial charge is 0.475 e. The minimum atomic E-state index is -0.294. The second-order valence-electron chi connectivity index (χ2n) is 5.62. The summed E-state index contributed by atoms with van der Waals surface area (Å²) < 4.78 is 18.5. The van der Waals surface area contributed by atoms with Crippen molar-refractivity contribution in [3.05, 3.63) is 60.3 Å². The quantitative estimate of drug-likeness (QED) is 0.556. The lowest BCUT2D eigenvalue weighted by atomic mass is 10.1. The van der Waals surface area contributed by atoms with Gasteiger partial charge in [-0.15, -0.1) is 0 Å². The molecule has 0 fully saturated rings. The number of benzene rings is 1. The van der Waals surface area contributed by atoms with Crippen molar-refractivity contribution >= 4 is 17.6 Å². The van der Waals surface area contributed by atoms with Crippen molar-refractivity contribution < 1.29 is 14.2 Å². The highest BCUT2D eigenvalue weighted by Crippen LogP contribution is 2.22. The first-order valence-corrected chi connectivity index (χ1v) is 8.32. The molecule has 0 amide bonds. The Balaban J connectivity index is 1.81. The Hall–Kier alpha value is -3.33. The molecule has 0 spiro atoms. The van der Waals surface area contributed by atoms with Crippen LogP contribution in [-0.4, -0.2) is 38.3 Å². The molecular formula is C18H19FN6O2. The van der Waals surface area contributed by atoms with Gasteiger partial charge in [-0.25, -0.2) is 9.37 Å². The summed E-state index contributed by atoms with van der Waals surface area (Å²) in [4.78, 5) is 16.8. The first kappa shape index (κ1) is 18.5. The molecule has 3 aromatic rings. The molecule has 3 N–H and O–H groups in total. The lowest BCUT2D eigenvalue weighted by molar-refractivity contribution is 0.197. The van der Waals surface area contributed by atoms with Crippen LogP contribution in [0.5, 0.6) is 5.88 Å². The number of hydrogen-bond acceptors (Lipinski definition) is 8. The first-order valence-electron chi connectivity index (χ1n) is 8.32. The van der Waals surface area contributed by atoms with Crippen LogP contribution in [0.1, 0.15) is 18.5 Å². The number of halogens is 1. The zero-order valence-electron chi connectivity index (χ0n) is 14.6. The zero-order chi connectivity index (χ0) is 19.1. The van der Waals surface area contributed by atoms with Gasteiger partial charge >= 0.3 is 0 Å². The molecule has 1 atom stereocenters. The van der Waals surface area contributed by atoms with E-state index in [0.717, 1.165) is 5.56 Å². The number of aromatic nitrogens is 4. The number of ether oxygens (including phenoxy) is 1. The Morgan fingerprint density at radius 1 is 1.15 bits per heavy atom. The van der Waals surface area contributed by atoms with Gasteiger partial charge in [-0.1, -0.05) is 12.1 Å². The normalized spacial score (nSPS) is 11.7. The molecule has 140 valence electrons. The van der Waals surface area contributed by atoms with E-state index in [4.69, 9.17) is 9.84 Å². The second-order valence-corrected chi connectivity index (χ2v) is 5.62. The minimum absolute atomic E-state index is 0.106. The smallest absolute Gasteiger partial charge is 0.228 e. The van der Waals surface area contributed by atoms with Crippen LogP contribution in [0, 0.1) is 5.82 Å². The highest BCUT2D eigenvalue weighted by molar-refractivity contribution is 5.54. The van der Waals surface area contributed by atoms with Crippen molar-refractivity contribution in [2.45, 2.75) is 13.0 Å². The summed E-state index contributed by atoms with van der Waals surface area (Å²) in [7, 11) is 0. The van der Waals surface area contributed by atoms with Crippen LogP contribution in [0.2, 0.25) is 0 Å². The Bertz CT molecular complexity index is 863.